The summed E-state index contributed by atoms with van der Waals surface area (Å²) in [6, 6.07) is 9.18. The number of hydrogen-bond acceptors (Lipinski definition) is 3. The molecular formula is C14H16O3. The lowest BCUT2D eigenvalue weighted by atomic mass is 10.2. The third-order valence-corrected chi connectivity index (χ3v) is 2.09. The molecule has 0 spiro atoms. The quantitative estimate of drug-likeness (QED) is 0.488. The number of rotatable bonds is 4. The summed E-state index contributed by atoms with van der Waals surface area (Å²) in [5.41, 5.74) is 0.757. The Morgan fingerprint density at radius 3 is 2.76 bits per heavy atom. The predicted octanol–water partition coefficient (Wildman–Crippen LogP) is 1.74. The number of benzene rings is 1. The van der Waals surface area contributed by atoms with Crippen molar-refractivity contribution in [3.05, 3.63) is 35.9 Å². The van der Waals surface area contributed by atoms with Gasteiger partial charge in [0.25, 0.3) is 0 Å². The van der Waals surface area contributed by atoms with Crippen LogP contribution in [0.2, 0.25) is 0 Å². The van der Waals surface area contributed by atoms with E-state index >= 15 is 0 Å². The van der Waals surface area contributed by atoms with Gasteiger partial charge >= 0.3 is 5.97 Å². The molecule has 0 heterocycles. The normalized spacial score (nSPS) is 11.2. The molecule has 1 aromatic carbocycles. The van der Waals surface area contributed by atoms with Crippen LogP contribution in [0.25, 0.3) is 0 Å². The number of unbranched alkanes of at least 4 members (excludes halogenated alkanes) is 1. The Morgan fingerprint density at radius 2 is 2.12 bits per heavy atom. The maximum atomic E-state index is 11.3. The molecule has 0 aromatic heterocycles. The van der Waals surface area contributed by atoms with Crippen LogP contribution < -0.4 is 0 Å². The molecular weight excluding hydrogens is 216 g/mol. The molecule has 0 unspecified atom stereocenters. The van der Waals surface area contributed by atoms with E-state index in [1.54, 1.807) is 0 Å². The fraction of sp³-hybridized carbons (Fsp3) is 0.357. The molecule has 1 N–H and O–H groups in total. The largest absolute Gasteiger partial charge is 0.463 e. The summed E-state index contributed by atoms with van der Waals surface area (Å²) in [4.78, 5) is 11.3. The molecule has 0 aliphatic heterocycles. The molecule has 0 saturated carbocycles. The van der Waals surface area contributed by atoms with Gasteiger partial charge in [-0.15, -0.1) is 0 Å². The van der Waals surface area contributed by atoms with Gasteiger partial charge in [-0.25, -0.2) is 4.79 Å². The van der Waals surface area contributed by atoms with Crippen LogP contribution in [-0.4, -0.2) is 23.8 Å². The van der Waals surface area contributed by atoms with E-state index in [2.05, 4.69) is 11.8 Å². The van der Waals surface area contributed by atoms with Gasteiger partial charge in [0, 0.05) is 5.56 Å². The van der Waals surface area contributed by atoms with Gasteiger partial charge in [-0.3, -0.25) is 0 Å². The van der Waals surface area contributed by atoms with Crippen LogP contribution in [0.15, 0.2) is 30.3 Å². The minimum absolute atomic E-state index is 0.333. The summed E-state index contributed by atoms with van der Waals surface area (Å²) >= 11 is 0. The Kier molecular flexibility index (Phi) is 5.84. The Bertz CT molecular complexity index is 400. The first-order valence-electron chi connectivity index (χ1n) is 5.65. The second kappa shape index (κ2) is 7.48. The van der Waals surface area contributed by atoms with Gasteiger partial charge in [-0.1, -0.05) is 43.4 Å². The van der Waals surface area contributed by atoms with Crippen molar-refractivity contribution < 1.29 is 14.6 Å². The van der Waals surface area contributed by atoms with Crippen molar-refractivity contribution in [2.45, 2.75) is 25.9 Å². The number of carbonyl (C=O) groups excluding carboxylic acids is 1. The van der Waals surface area contributed by atoms with E-state index in [-0.39, 0.29) is 0 Å². The highest BCUT2D eigenvalue weighted by Gasteiger charge is 2.12. The van der Waals surface area contributed by atoms with Gasteiger partial charge in [0.2, 0.25) is 6.10 Å². The van der Waals surface area contributed by atoms with Crippen LogP contribution in [-0.2, 0) is 9.53 Å². The van der Waals surface area contributed by atoms with E-state index in [0.29, 0.717) is 6.61 Å². The second-order valence-electron chi connectivity index (χ2n) is 3.56. The molecule has 0 fully saturated rings. The summed E-state index contributed by atoms with van der Waals surface area (Å²) in [5.74, 6) is 4.49. The van der Waals surface area contributed by atoms with Gasteiger partial charge in [0.05, 0.1) is 6.61 Å². The molecule has 0 aliphatic rings. The molecule has 3 heteroatoms. The smallest absolute Gasteiger partial charge is 0.347 e. The zero-order valence-corrected chi connectivity index (χ0v) is 9.85. The minimum atomic E-state index is -1.37. The van der Waals surface area contributed by atoms with Gasteiger partial charge in [0.15, 0.2) is 0 Å². The third-order valence-electron chi connectivity index (χ3n) is 2.09. The van der Waals surface area contributed by atoms with E-state index in [1.807, 2.05) is 37.3 Å². The molecule has 0 saturated heterocycles. The maximum Gasteiger partial charge on any atom is 0.347 e. The lowest BCUT2D eigenvalue weighted by Crippen LogP contribution is -2.21. The fourth-order valence-corrected chi connectivity index (χ4v) is 1.13. The molecule has 3 nitrogen and oxygen atoms in total. The molecule has 1 atom stereocenters. The zero-order valence-electron chi connectivity index (χ0n) is 9.85. The molecule has 90 valence electrons. The average molecular weight is 232 g/mol. The summed E-state index contributed by atoms with van der Waals surface area (Å²) in [5, 5.41) is 9.43. The number of carbonyl (C=O) groups is 1. The van der Waals surface area contributed by atoms with Crippen molar-refractivity contribution in [2.75, 3.05) is 6.61 Å². The zero-order chi connectivity index (χ0) is 12.5. The van der Waals surface area contributed by atoms with Crippen molar-refractivity contribution in [1.29, 1.82) is 0 Å². The predicted molar refractivity (Wildman–Crippen MR) is 65.2 cm³/mol. The minimum Gasteiger partial charge on any atom is -0.463 e. The first kappa shape index (κ1) is 13.3. The standard InChI is InChI=1S/C14H16O3/c1-2-3-11-17-14(16)13(15)10-9-12-7-5-4-6-8-12/h4-8,13,15H,2-3,11H2,1H3/t13-/m0/s1. The lowest BCUT2D eigenvalue weighted by Gasteiger charge is -2.04. The van der Waals surface area contributed by atoms with E-state index in [9.17, 15) is 9.90 Å². The van der Waals surface area contributed by atoms with Crippen LogP contribution in [0.4, 0.5) is 0 Å². The van der Waals surface area contributed by atoms with Gasteiger partial charge in [-0.05, 0) is 18.6 Å². The van der Waals surface area contributed by atoms with Crippen LogP contribution >= 0.6 is 0 Å². The Labute approximate surface area is 101 Å². The van der Waals surface area contributed by atoms with Gasteiger partial charge < -0.3 is 9.84 Å². The topological polar surface area (TPSA) is 46.5 Å². The van der Waals surface area contributed by atoms with Crippen LogP contribution in [0.1, 0.15) is 25.3 Å². The van der Waals surface area contributed by atoms with Crippen molar-refractivity contribution in [3.8, 4) is 11.8 Å². The maximum absolute atomic E-state index is 11.3. The number of ether oxygens (including phenoxy) is 1. The highest BCUT2D eigenvalue weighted by molar-refractivity contribution is 5.78. The lowest BCUT2D eigenvalue weighted by molar-refractivity contribution is -0.150. The number of aliphatic hydroxyl groups is 1. The third kappa shape index (κ3) is 5.19. The highest BCUT2D eigenvalue weighted by Crippen LogP contribution is 1.96. The Balaban J connectivity index is 2.46. The number of esters is 1. The van der Waals surface area contributed by atoms with E-state index < -0.39 is 12.1 Å². The number of hydrogen-bond donors (Lipinski definition) is 1. The summed E-state index contributed by atoms with van der Waals surface area (Å²) < 4.78 is 4.84. The van der Waals surface area contributed by atoms with Crippen molar-refractivity contribution in [3.63, 3.8) is 0 Å². The van der Waals surface area contributed by atoms with Crippen LogP contribution in [0.5, 0.6) is 0 Å². The van der Waals surface area contributed by atoms with Crippen molar-refractivity contribution in [2.24, 2.45) is 0 Å². The van der Waals surface area contributed by atoms with Crippen molar-refractivity contribution in [1.82, 2.24) is 0 Å². The fourth-order valence-electron chi connectivity index (χ4n) is 1.13. The van der Waals surface area contributed by atoms with Gasteiger partial charge in [0.1, 0.15) is 0 Å². The summed E-state index contributed by atoms with van der Waals surface area (Å²) in [7, 11) is 0. The first-order chi connectivity index (χ1) is 8.24. The monoisotopic (exact) mass is 232 g/mol. The Hall–Kier alpha value is -1.79. The number of aliphatic hydroxyl groups excluding tert-OH is 1. The van der Waals surface area contributed by atoms with Crippen molar-refractivity contribution >= 4 is 5.97 Å². The summed E-state index contributed by atoms with van der Waals surface area (Å²) in [6.45, 7) is 2.33. The van der Waals surface area contributed by atoms with E-state index in [0.717, 1.165) is 18.4 Å². The highest BCUT2D eigenvalue weighted by atomic mass is 16.5. The second-order valence-corrected chi connectivity index (χ2v) is 3.56. The first-order valence-corrected chi connectivity index (χ1v) is 5.65. The molecule has 0 radical (unpaired) electrons. The molecule has 0 amide bonds. The molecule has 0 aliphatic carbocycles. The molecule has 1 aromatic rings. The van der Waals surface area contributed by atoms with Crippen LogP contribution in [0.3, 0.4) is 0 Å². The van der Waals surface area contributed by atoms with E-state index in [1.165, 1.54) is 0 Å². The molecule has 1 rings (SSSR count). The van der Waals surface area contributed by atoms with Crippen LogP contribution in [0, 0.1) is 11.8 Å². The summed E-state index contributed by atoms with van der Waals surface area (Å²) in [6.07, 6.45) is 0.371. The van der Waals surface area contributed by atoms with Gasteiger partial charge in [-0.2, -0.15) is 0 Å². The average Bonchev–Trinajstić information content (AvgIpc) is 2.37. The molecule has 17 heavy (non-hydrogen) atoms. The Morgan fingerprint density at radius 1 is 1.41 bits per heavy atom. The SMILES string of the molecule is CCCCOC(=O)[C@@H](O)C#Cc1ccccc1. The molecule has 0 bridgehead atoms. The van der Waals surface area contributed by atoms with E-state index in [4.69, 9.17) is 4.74 Å².